The summed E-state index contributed by atoms with van der Waals surface area (Å²) in [6.45, 7) is -0.206. The molecule has 0 aromatic heterocycles. The van der Waals surface area contributed by atoms with Crippen LogP contribution in [0, 0.1) is 11.3 Å². The molecule has 0 aliphatic rings. The van der Waals surface area contributed by atoms with Gasteiger partial charge in [0.25, 0.3) is 5.91 Å². The first kappa shape index (κ1) is 17.8. The van der Waals surface area contributed by atoms with Gasteiger partial charge in [-0.05, 0) is 17.7 Å². The number of benzene rings is 2. The van der Waals surface area contributed by atoms with E-state index in [-0.39, 0.29) is 11.3 Å². The molecule has 2 rings (SSSR count). The predicted octanol–water partition coefficient (Wildman–Crippen LogP) is 2.37. The van der Waals surface area contributed by atoms with E-state index >= 15 is 0 Å². The molecule has 0 radical (unpaired) electrons. The maximum atomic E-state index is 12.2. The average molecular weight is 336 g/mol. The van der Waals surface area contributed by atoms with E-state index in [4.69, 9.17) is 9.84 Å². The third kappa shape index (κ3) is 5.52. The summed E-state index contributed by atoms with van der Waals surface area (Å²) in [6.07, 6.45) is 1.37. The molecule has 0 heterocycles. The van der Waals surface area contributed by atoms with Crippen LogP contribution >= 0.6 is 0 Å². The Labute approximate surface area is 145 Å². The summed E-state index contributed by atoms with van der Waals surface area (Å²) in [4.78, 5) is 22.8. The Morgan fingerprint density at radius 1 is 1.12 bits per heavy atom. The van der Waals surface area contributed by atoms with Gasteiger partial charge in [0.2, 0.25) is 0 Å². The van der Waals surface area contributed by atoms with E-state index in [1.807, 2.05) is 36.4 Å². The highest BCUT2D eigenvalue weighted by Crippen LogP contribution is 2.21. The molecule has 6 heteroatoms. The van der Waals surface area contributed by atoms with Crippen molar-refractivity contribution in [2.24, 2.45) is 0 Å². The molecule has 2 N–H and O–H groups in total. The quantitative estimate of drug-likeness (QED) is 0.597. The molecule has 0 spiro atoms. The molecule has 2 aromatic rings. The summed E-state index contributed by atoms with van der Waals surface area (Å²) in [5.41, 5.74) is 1.27. The number of nitrogens with one attached hydrogen (secondary N) is 1. The van der Waals surface area contributed by atoms with Crippen LogP contribution in [-0.4, -0.2) is 23.6 Å². The monoisotopic (exact) mass is 336 g/mol. The van der Waals surface area contributed by atoms with E-state index in [9.17, 15) is 14.9 Å². The minimum Gasteiger partial charge on any atom is -0.481 e. The highest BCUT2D eigenvalue weighted by atomic mass is 16.5. The molecular weight excluding hydrogens is 320 g/mol. The highest BCUT2D eigenvalue weighted by Gasteiger charge is 2.11. The van der Waals surface area contributed by atoms with Crippen molar-refractivity contribution in [2.45, 2.75) is 6.54 Å². The number of hydrogen-bond acceptors (Lipinski definition) is 4. The molecule has 0 fully saturated rings. The third-order valence-electron chi connectivity index (χ3n) is 3.23. The second-order valence-corrected chi connectivity index (χ2v) is 5.06. The van der Waals surface area contributed by atoms with Crippen LogP contribution in [0.25, 0.3) is 6.08 Å². The van der Waals surface area contributed by atoms with Crippen molar-refractivity contribution in [1.82, 2.24) is 5.32 Å². The van der Waals surface area contributed by atoms with Gasteiger partial charge in [-0.1, -0.05) is 48.5 Å². The van der Waals surface area contributed by atoms with Gasteiger partial charge in [-0.25, -0.2) is 4.79 Å². The first-order valence-corrected chi connectivity index (χ1v) is 7.47. The molecule has 0 saturated heterocycles. The SMILES string of the molecule is N#C/C(=C\c1ccccc1OCC(=O)O)C(=O)NCc1ccccc1. The normalized spacial score (nSPS) is 10.6. The lowest BCUT2D eigenvalue weighted by atomic mass is 10.1. The fraction of sp³-hybridized carbons (Fsp3) is 0.105. The number of carboxylic acids is 1. The summed E-state index contributed by atoms with van der Waals surface area (Å²) in [5, 5.41) is 20.6. The van der Waals surface area contributed by atoms with Crippen LogP contribution in [0.4, 0.5) is 0 Å². The lowest BCUT2D eigenvalue weighted by Crippen LogP contribution is -2.23. The maximum absolute atomic E-state index is 12.2. The first-order chi connectivity index (χ1) is 12.1. The van der Waals surface area contributed by atoms with Crippen LogP contribution in [0.1, 0.15) is 11.1 Å². The van der Waals surface area contributed by atoms with Crippen molar-refractivity contribution in [3.63, 3.8) is 0 Å². The van der Waals surface area contributed by atoms with Crippen molar-refractivity contribution >= 4 is 18.0 Å². The molecule has 0 saturated carbocycles. The fourth-order valence-electron chi connectivity index (χ4n) is 2.05. The smallest absolute Gasteiger partial charge is 0.341 e. The fourth-order valence-corrected chi connectivity index (χ4v) is 2.05. The Kier molecular flexibility index (Phi) is 6.32. The van der Waals surface area contributed by atoms with Crippen molar-refractivity contribution in [1.29, 1.82) is 5.26 Å². The van der Waals surface area contributed by atoms with Crippen molar-refractivity contribution in [2.75, 3.05) is 6.61 Å². The van der Waals surface area contributed by atoms with Gasteiger partial charge < -0.3 is 15.2 Å². The van der Waals surface area contributed by atoms with E-state index < -0.39 is 18.5 Å². The van der Waals surface area contributed by atoms with Gasteiger partial charge in [-0.2, -0.15) is 5.26 Å². The topological polar surface area (TPSA) is 99.4 Å². The lowest BCUT2D eigenvalue weighted by Gasteiger charge is -2.08. The van der Waals surface area contributed by atoms with Crippen LogP contribution in [0.5, 0.6) is 5.75 Å². The highest BCUT2D eigenvalue weighted by molar-refractivity contribution is 6.01. The number of carbonyl (C=O) groups is 2. The van der Waals surface area contributed by atoms with Crippen LogP contribution in [0.2, 0.25) is 0 Å². The molecule has 0 atom stereocenters. The van der Waals surface area contributed by atoms with Gasteiger partial charge >= 0.3 is 5.97 Å². The van der Waals surface area contributed by atoms with Gasteiger partial charge in [0.05, 0.1) is 0 Å². The summed E-state index contributed by atoms with van der Waals surface area (Å²) in [5.74, 6) is -1.34. The molecular formula is C19H16N2O4. The van der Waals surface area contributed by atoms with Crippen LogP contribution in [-0.2, 0) is 16.1 Å². The second-order valence-electron chi connectivity index (χ2n) is 5.06. The van der Waals surface area contributed by atoms with Gasteiger partial charge in [-0.15, -0.1) is 0 Å². The molecule has 25 heavy (non-hydrogen) atoms. The van der Waals surface area contributed by atoms with Crippen molar-refractivity contribution in [3.05, 3.63) is 71.3 Å². The van der Waals surface area contributed by atoms with Gasteiger partial charge in [-0.3, -0.25) is 4.79 Å². The minimum atomic E-state index is -1.11. The molecule has 2 aromatic carbocycles. The number of para-hydroxylation sites is 1. The Bertz CT molecular complexity index is 823. The molecule has 0 aliphatic heterocycles. The number of hydrogen-bond donors (Lipinski definition) is 2. The molecule has 0 bridgehead atoms. The summed E-state index contributed by atoms with van der Waals surface area (Å²) < 4.78 is 5.17. The number of rotatable bonds is 7. The standard InChI is InChI=1S/C19H16N2O4/c20-11-16(19(24)21-12-14-6-2-1-3-7-14)10-15-8-4-5-9-17(15)25-13-18(22)23/h1-10H,12-13H2,(H,21,24)(H,22,23)/b16-10+. The predicted molar refractivity (Wildman–Crippen MR) is 91.5 cm³/mol. The number of carbonyl (C=O) groups excluding carboxylic acids is 1. The Hall–Kier alpha value is -3.59. The minimum absolute atomic E-state index is 0.0951. The van der Waals surface area contributed by atoms with E-state index in [0.29, 0.717) is 12.1 Å². The second kappa shape index (κ2) is 8.89. The summed E-state index contributed by atoms with van der Waals surface area (Å²) in [7, 11) is 0. The maximum Gasteiger partial charge on any atom is 0.341 e. The zero-order valence-corrected chi connectivity index (χ0v) is 13.3. The average Bonchev–Trinajstić information content (AvgIpc) is 2.64. The third-order valence-corrected chi connectivity index (χ3v) is 3.23. The number of carboxylic acid groups (broad SMARTS) is 1. The largest absolute Gasteiger partial charge is 0.481 e. The van der Waals surface area contributed by atoms with Crippen molar-refractivity contribution < 1.29 is 19.4 Å². The van der Waals surface area contributed by atoms with E-state index in [1.54, 1.807) is 24.3 Å². The number of nitriles is 1. The Balaban J connectivity index is 2.12. The van der Waals surface area contributed by atoms with Crippen molar-refractivity contribution in [3.8, 4) is 11.8 Å². The van der Waals surface area contributed by atoms with Gasteiger partial charge in [0.15, 0.2) is 6.61 Å². The zero-order valence-electron chi connectivity index (χ0n) is 13.3. The first-order valence-electron chi connectivity index (χ1n) is 7.47. The Morgan fingerprint density at radius 2 is 1.80 bits per heavy atom. The van der Waals surface area contributed by atoms with Gasteiger partial charge in [0, 0.05) is 12.1 Å². The number of amides is 1. The van der Waals surface area contributed by atoms with E-state index in [2.05, 4.69) is 5.32 Å². The summed E-state index contributed by atoms with van der Waals surface area (Å²) in [6, 6.07) is 17.8. The Morgan fingerprint density at radius 3 is 2.48 bits per heavy atom. The molecule has 1 amide bonds. The zero-order chi connectivity index (χ0) is 18.1. The van der Waals surface area contributed by atoms with E-state index in [0.717, 1.165) is 5.56 Å². The lowest BCUT2D eigenvalue weighted by molar-refractivity contribution is -0.139. The number of ether oxygens (including phenoxy) is 1. The molecule has 0 aliphatic carbocycles. The van der Waals surface area contributed by atoms with E-state index in [1.165, 1.54) is 6.08 Å². The molecule has 6 nitrogen and oxygen atoms in total. The molecule has 126 valence electrons. The summed E-state index contributed by atoms with van der Waals surface area (Å²) >= 11 is 0. The number of aliphatic carboxylic acids is 1. The molecule has 0 unspecified atom stereocenters. The van der Waals surface area contributed by atoms with Crippen LogP contribution in [0.3, 0.4) is 0 Å². The number of nitrogens with zero attached hydrogens (tertiary/aromatic N) is 1. The van der Waals surface area contributed by atoms with Crippen LogP contribution < -0.4 is 10.1 Å². The van der Waals surface area contributed by atoms with Gasteiger partial charge in [0.1, 0.15) is 17.4 Å². The van der Waals surface area contributed by atoms with Crippen LogP contribution in [0.15, 0.2) is 60.2 Å².